The Bertz CT molecular complexity index is 3090. The molecule has 5 heterocycles. The van der Waals surface area contributed by atoms with Gasteiger partial charge in [0.25, 0.3) is 23.3 Å². The molecule has 5 aromatic rings. The summed E-state index contributed by atoms with van der Waals surface area (Å²) < 4.78 is 66.3. The third kappa shape index (κ3) is 12.3. The standard InChI is InChI=1S/C59H66F4N8O7/c60-40-16-17-46(50(62)34-40)57(75)71-23-7-10-39(35-71)43-13-6-14-47(53(43)63)55(73)64-54(38-8-2-1-3-9-38)59(77)69-26-21-42(22-27-69)78-41-19-24-67(25-20-41)36-52(72)68-28-30-70(31-29-68)58(76)48-32-37(15-18-49(48)61)33-51-44-11-4-5-12-45(44)56(74)66-65-51/h4-6,11-18,32,34,38-39,41-42,54H,1-3,7-10,19-31,33,35-36H2,(H,64,73)(H,66,74)/t39?,54-/m1/s1. The van der Waals surface area contributed by atoms with E-state index in [4.69, 9.17) is 4.74 Å². The molecule has 78 heavy (non-hydrogen) atoms. The molecule has 15 nitrogen and oxygen atoms in total. The van der Waals surface area contributed by atoms with Crippen LogP contribution < -0.4 is 10.9 Å². The van der Waals surface area contributed by atoms with Crippen LogP contribution in [0.5, 0.6) is 0 Å². The number of hydrogen-bond donors (Lipinski definition) is 2. The smallest absolute Gasteiger partial charge is 0.272 e. The number of piperazine rings is 1. The second-order valence-electron chi connectivity index (χ2n) is 21.6. The van der Waals surface area contributed by atoms with Gasteiger partial charge in [-0.1, -0.05) is 55.7 Å². The lowest BCUT2D eigenvalue weighted by molar-refractivity contribution is -0.140. The highest BCUT2D eigenvalue weighted by Gasteiger charge is 2.38. The largest absolute Gasteiger partial charge is 0.375 e. The molecule has 5 amide bonds. The molecule has 1 aliphatic carbocycles. The highest BCUT2D eigenvalue weighted by Crippen LogP contribution is 2.33. The topological polar surface area (TPSA) is 169 Å². The lowest BCUT2D eigenvalue weighted by Crippen LogP contribution is -2.55. The summed E-state index contributed by atoms with van der Waals surface area (Å²) in [6.07, 6.45) is 8.44. The van der Waals surface area contributed by atoms with Gasteiger partial charge < -0.3 is 29.7 Å². The molecule has 2 N–H and O–H groups in total. The van der Waals surface area contributed by atoms with Crippen LogP contribution >= 0.6 is 0 Å². The zero-order valence-electron chi connectivity index (χ0n) is 43.7. The summed E-state index contributed by atoms with van der Waals surface area (Å²) >= 11 is 0. The molecule has 5 aliphatic rings. The van der Waals surface area contributed by atoms with Crippen LogP contribution in [0.1, 0.15) is 124 Å². The van der Waals surface area contributed by atoms with Crippen molar-refractivity contribution in [2.45, 2.75) is 101 Å². The average Bonchev–Trinajstić information content (AvgIpc) is 3.52. The first kappa shape index (κ1) is 54.4. The number of amides is 5. The Labute approximate surface area is 450 Å². The summed E-state index contributed by atoms with van der Waals surface area (Å²) in [7, 11) is 0. The molecular weight excluding hydrogens is 1010 g/mol. The third-order valence-corrected chi connectivity index (χ3v) is 16.6. The highest BCUT2D eigenvalue weighted by molar-refractivity contribution is 5.98. The number of rotatable bonds is 13. The minimum absolute atomic E-state index is 0.000651. The van der Waals surface area contributed by atoms with Gasteiger partial charge in [-0.15, -0.1) is 0 Å². The minimum atomic E-state index is -0.967. The zero-order valence-corrected chi connectivity index (χ0v) is 43.7. The first-order valence-corrected chi connectivity index (χ1v) is 27.6. The quantitative estimate of drug-likeness (QED) is 0.116. The van der Waals surface area contributed by atoms with Crippen molar-refractivity contribution >= 4 is 40.3 Å². The fraction of sp³-hybridized carbons (Fsp3) is 0.475. The number of hydrogen-bond acceptors (Lipinski definition) is 9. The summed E-state index contributed by atoms with van der Waals surface area (Å²) in [5, 5.41) is 10.9. The lowest BCUT2D eigenvalue weighted by atomic mass is 9.83. The van der Waals surface area contributed by atoms with Gasteiger partial charge >= 0.3 is 0 Å². The van der Waals surface area contributed by atoms with Gasteiger partial charge in [0, 0.05) is 89.2 Å². The van der Waals surface area contributed by atoms with E-state index in [2.05, 4.69) is 20.4 Å². The molecule has 1 saturated carbocycles. The van der Waals surface area contributed by atoms with Crippen molar-refractivity contribution < 1.29 is 46.3 Å². The maximum absolute atomic E-state index is 16.5. The van der Waals surface area contributed by atoms with E-state index in [1.807, 2.05) is 12.1 Å². The summed E-state index contributed by atoms with van der Waals surface area (Å²) in [5.74, 6) is -5.63. The number of carbonyl (C=O) groups excluding carboxylic acids is 5. The van der Waals surface area contributed by atoms with E-state index in [0.717, 1.165) is 57.1 Å². The molecule has 4 saturated heterocycles. The molecule has 0 radical (unpaired) electrons. The van der Waals surface area contributed by atoms with Crippen LogP contribution in [0.2, 0.25) is 0 Å². The van der Waals surface area contributed by atoms with Crippen molar-refractivity contribution in [3.05, 3.63) is 146 Å². The number of nitrogens with one attached hydrogen (secondary N) is 2. The van der Waals surface area contributed by atoms with Crippen molar-refractivity contribution in [2.75, 3.05) is 72.0 Å². The fourth-order valence-electron chi connectivity index (χ4n) is 12.2. The molecule has 1 unspecified atom stereocenters. The second kappa shape index (κ2) is 24.4. The summed E-state index contributed by atoms with van der Waals surface area (Å²) in [4.78, 5) is 89.8. The Kier molecular flexibility index (Phi) is 17.0. The van der Waals surface area contributed by atoms with Crippen molar-refractivity contribution in [3.8, 4) is 0 Å². The zero-order chi connectivity index (χ0) is 54.5. The number of fused-ring (bicyclic) bond motifs is 1. The van der Waals surface area contributed by atoms with Gasteiger partial charge in [-0.3, -0.25) is 33.7 Å². The van der Waals surface area contributed by atoms with E-state index >= 15 is 8.78 Å². The van der Waals surface area contributed by atoms with Crippen LogP contribution in [0.4, 0.5) is 17.6 Å². The van der Waals surface area contributed by atoms with Crippen molar-refractivity contribution in [1.29, 1.82) is 0 Å². The van der Waals surface area contributed by atoms with Crippen molar-refractivity contribution in [3.63, 3.8) is 0 Å². The minimum Gasteiger partial charge on any atom is -0.375 e. The number of likely N-dealkylation sites (tertiary alicyclic amines) is 3. The van der Waals surface area contributed by atoms with Crippen molar-refractivity contribution in [2.24, 2.45) is 5.92 Å². The van der Waals surface area contributed by atoms with Crippen LogP contribution in [-0.4, -0.2) is 154 Å². The molecule has 2 atom stereocenters. The van der Waals surface area contributed by atoms with Gasteiger partial charge in [-0.05, 0) is 105 Å². The number of aromatic nitrogens is 2. The number of H-pyrrole nitrogens is 1. The van der Waals surface area contributed by atoms with E-state index < -0.39 is 53.0 Å². The SMILES string of the molecule is O=C(N[C@@H](C(=O)N1CCC(OC2CCN(CC(=O)N3CCN(C(=O)c4cc(Cc5n[nH]c(=O)c6ccccc56)ccc4F)CC3)CC2)CC1)C1CCCCC1)c1cccc(C2CCCN(C(=O)c3ccc(F)cc3F)C2)c1F. The van der Waals surface area contributed by atoms with Crippen LogP contribution in [0.3, 0.4) is 0 Å². The molecule has 4 aromatic carbocycles. The van der Waals surface area contributed by atoms with Gasteiger partial charge in [0.15, 0.2) is 0 Å². The maximum atomic E-state index is 16.5. The second-order valence-corrected chi connectivity index (χ2v) is 21.6. The van der Waals surface area contributed by atoms with Crippen LogP contribution in [-0.2, 0) is 20.7 Å². The van der Waals surface area contributed by atoms with Gasteiger partial charge in [0.2, 0.25) is 11.8 Å². The normalized spacial score (nSPS) is 19.7. The number of ether oxygens (including phenoxy) is 1. The summed E-state index contributed by atoms with van der Waals surface area (Å²) in [5.41, 5.74) is 0.732. The molecule has 19 heteroatoms. The van der Waals surface area contributed by atoms with E-state index in [9.17, 15) is 37.5 Å². The van der Waals surface area contributed by atoms with E-state index in [0.29, 0.717) is 99.6 Å². The van der Waals surface area contributed by atoms with E-state index in [1.165, 1.54) is 23.1 Å². The summed E-state index contributed by atoms with van der Waals surface area (Å²) in [6, 6.07) is 18.1. The monoisotopic (exact) mass is 1070 g/mol. The molecular formula is C59H66F4N8O7. The third-order valence-electron chi connectivity index (χ3n) is 16.6. The molecule has 0 bridgehead atoms. The maximum Gasteiger partial charge on any atom is 0.272 e. The number of nitrogens with zero attached hydrogens (tertiary/aromatic N) is 6. The van der Waals surface area contributed by atoms with Gasteiger partial charge in [-0.2, -0.15) is 5.10 Å². The predicted molar refractivity (Wildman–Crippen MR) is 283 cm³/mol. The molecule has 0 spiro atoms. The fourth-order valence-corrected chi connectivity index (χ4v) is 12.2. The first-order valence-electron chi connectivity index (χ1n) is 27.6. The predicted octanol–water partition coefficient (Wildman–Crippen LogP) is 7.23. The van der Waals surface area contributed by atoms with Gasteiger partial charge in [0.1, 0.15) is 29.3 Å². The molecule has 5 fully saturated rings. The Hall–Kier alpha value is -6.99. The number of halogens is 4. The van der Waals surface area contributed by atoms with Gasteiger partial charge in [0.05, 0.1) is 46.5 Å². The van der Waals surface area contributed by atoms with E-state index in [1.54, 1.807) is 45.0 Å². The summed E-state index contributed by atoms with van der Waals surface area (Å²) in [6.45, 7) is 4.12. The van der Waals surface area contributed by atoms with E-state index in [-0.39, 0.29) is 90.4 Å². The number of benzene rings is 4. The number of piperidine rings is 3. The van der Waals surface area contributed by atoms with Crippen LogP contribution in [0, 0.1) is 29.2 Å². The van der Waals surface area contributed by atoms with Crippen LogP contribution in [0.15, 0.2) is 83.7 Å². The molecule has 412 valence electrons. The lowest BCUT2D eigenvalue weighted by Gasteiger charge is -2.40. The van der Waals surface area contributed by atoms with Crippen LogP contribution in [0.25, 0.3) is 10.8 Å². The first-order chi connectivity index (χ1) is 37.8. The number of aromatic amines is 1. The highest BCUT2D eigenvalue weighted by atomic mass is 19.1. The van der Waals surface area contributed by atoms with Crippen molar-refractivity contribution in [1.82, 2.24) is 40.0 Å². The molecule has 10 rings (SSSR count). The molecule has 1 aromatic heterocycles. The Morgan fingerprint density at radius 2 is 1.32 bits per heavy atom. The number of carbonyl (C=O) groups is 5. The van der Waals surface area contributed by atoms with Gasteiger partial charge in [-0.25, -0.2) is 22.7 Å². The Morgan fingerprint density at radius 3 is 2.05 bits per heavy atom. The Morgan fingerprint density at radius 1 is 0.628 bits per heavy atom. The molecule has 4 aliphatic heterocycles. The Balaban J connectivity index is 0.670. The average molecular weight is 1080 g/mol.